The van der Waals surface area contributed by atoms with Crippen molar-refractivity contribution >= 4 is 0 Å². The Morgan fingerprint density at radius 2 is 1.82 bits per heavy atom. The van der Waals surface area contributed by atoms with Gasteiger partial charge in [0, 0.05) is 37.8 Å². The number of hydrogen-bond acceptors (Lipinski definition) is 5. The maximum atomic E-state index is 12.8. The van der Waals surface area contributed by atoms with Crippen LogP contribution < -0.4 is 10.3 Å². The van der Waals surface area contributed by atoms with E-state index in [1.807, 2.05) is 4.90 Å². The van der Waals surface area contributed by atoms with Crippen LogP contribution in [0, 0.1) is 0 Å². The van der Waals surface area contributed by atoms with E-state index >= 15 is 0 Å². The first-order valence-electron chi connectivity index (χ1n) is 9.71. The average molecular weight is 470 g/mol. The molecule has 3 heterocycles. The van der Waals surface area contributed by atoms with E-state index in [2.05, 4.69) is 14.7 Å². The fourth-order valence-electron chi connectivity index (χ4n) is 3.58. The fourth-order valence-corrected chi connectivity index (χ4v) is 3.58. The number of para-hydroxylation sites is 1. The second-order valence-electron chi connectivity index (χ2n) is 7.39. The average Bonchev–Trinajstić information content (AvgIpc) is 2.73. The van der Waals surface area contributed by atoms with E-state index in [1.165, 1.54) is 24.4 Å². The molecule has 2 aromatic heterocycles. The Bertz CT molecular complexity index is 1210. The summed E-state index contributed by atoms with van der Waals surface area (Å²) < 4.78 is 80.5. The van der Waals surface area contributed by atoms with Gasteiger partial charge in [0.2, 0.25) is 5.82 Å². The SMILES string of the molecule is O=c1[nH]c(C(F)(F)F)nc2c1CN(Cc1ccc(-c3ccccc3OC(F)(F)F)nc1)CC2. The Morgan fingerprint density at radius 1 is 1.06 bits per heavy atom. The van der Waals surface area contributed by atoms with Gasteiger partial charge in [-0.15, -0.1) is 13.2 Å². The van der Waals surface area contributed by atoms with Crippen LogP contribution >= 0.6 is 0 Å². The normalized spacial score (nSPS) is 14.7. The standard InChI is InChI=1S/C21H16F6N4O2/c22-20(23,24)19-29-16-7-8-31(11-14(16)18(32)30-19)10-12-5-6-15(28-9-12)13-3-1-2-4-17(13)33-21(25,26)27/h1-6,9H,7-8,10-11H2,(H,29,30,32). The zero-order valence-electron chi connectivity index (χ0n) is 16.8. The third kappa shape index (κ3) is 5.33. The number of aromatic nitrogens is 3. The third-order valence-electron chi connectivity index (χ3n) is 5.04. The molecule has 1 aliphatic heterocycles. The number of ether oxygens (including phenoxy) is 1. The molecular weight excluding hydrogens is 454 g/mol. The number of H-pyrrole nitrogens is 1. The quantitative estimate of drug-likeness (QED) is 0.576. The first-order valence-corrected chi connectivity index (χ1v) is 9.71. The summed E-state index contributed by atoms with van der Waals surface area (Å²) in [5.41, 5.74) is 0.642. The molecule has 0 bridgehead atoms. The number of alkyl halides is 6. The molecule has 0 saturated heterocycles. The first-order chi connectivity index (χ1) is 15.5. The minimum atomic E-state index is -4.84. The lowest BCUT2D eigenvalue weighted by atomic mass is 10.1. The van der Waals surface area contributed by atoms with Crippen LogP contribution in [0.4, 0.5) is 26.3 Å². The lowest BCUT2D eigenvalue weighted by Crippen LogP contribution is -2.36. The molecule has 1 aliphatic rings. The minimum absolute atomic E-state index is 0.111. The van der Waals surface area contributed by atoms with Gasteiger partial charge in [-0.2, -0.15) is 13.2 Å². The molecule has 33 heavy (non-hydrogen) atoms. The van der Waals surface area contributed by atoms with Gasteiger partial charge in [0.1, 0.15) is 5.75 Å². The monoisotopic (exact) mass is 470 g/mol. The van der Waals surface area contributed by atoms with Crippen LogP contribution in [0.2, 0.25) is 0 Å². The highest BCUT2D eigenvalue weighted by atomic mass is 19.4. The Hall–Kier alpha value is -3.41. The van der Waals surface area contributed by atoms with Crippen LogP contribution in [0.5, 0.6) is 5.75 Å². The molecule has 0 fully saturated rings. The molecule has 1 aromatic carbocycles. The van der Waals surface area contributed by atoms with Crippen LogP contribution in [-0.2, 0) is 25.7 Å². The Balaban J connectivity index is 1.49. The van der Waals surface area contributed by atoms with E-state index in [0.717, 1.165) is 0 Å². The van der Waals surface area contributed by atoms with Gasteiger partial charge in [0.05, 0.1) is 17.0 Å². The van der Waals surface area contributed by atoms with Crippen molar-refractivity contribution in [1.29, 1.82) is 0 Å². The van der Waals surface area contributed by atoms with E-state index in [4.69, 9.17) is 0 Å². The highest BCUT2D eigenvalue weighted by molar-refractivity contribution is 5.67. The lowest BCUT2D eigenvalue weighted by molar-refractivity contribution is -0.274. The largest absolute Gasteiger partial charge is 0.573 e. The molecule has 1 N–H and O–H groups in total. The molecule has 0 aliphatic carbocycles. The van der Waals surface area contributed by atoms with Gasteiger partial charge in [-0.1, -0.05) is 18.2 Å². The molecule has 3 aromatic rings. The second kappa shape index (κ2) is 8.50. The molecule has 0 unspecified atom stereocenters. The summed E-state index contributed by atoms with van der Waals surface area (Å²) in [5.74, 6) is -1.68. The molecule has 0 amide bonds. The third-order valence-corrected chi connectivity index (χ3v) is 5.04. The van der Waals surface area contributed by atoms with Crippen molar-refractivity contribution in [2.75, 3.05) is 6.54 Å². The van der Waals surface area contributed by atoms with Crippen molar-refractivity contribution in [2.24, 2.45) is 0 Å². The van der Waals surface area contributed by atoms with E-state index in [1.54, 1.807) is 23.2 Å². The van der Waals surface area contributed by atoms with Crippen molar-refractivity contribution < 1.29 is 31.1 Å². The van der Waals surface area contributed by atoms with Crippen molar-refractivity contribution in [2.45, 2.75) is 32.0 Å². The summed E-state index contributed by atoms with van der Waals surface area (Å²) in [6.45, 7) is 0.832. The summed E-state index contributed by atoms with van der Waals surface area (Å²) in [7, 11) is 0. The van der Waals surface area contributed by atoms with E-state index in [-0.39, 0.29) is 41.2 Å². The van der Waals surface area contributed by atoms with Crippen molar-refractivity contribution in [3.8, 4) is 17.0 Å². The maximum Gasteiger partial charge on any atom is 0.573 e. The van der Waals surface area contributed by atoms with Crippen LogP contribution in [-0.4, -0.2) is 32.8 Å². The van der Waals surface area contributed by atoms with Crippen LogP contribution in [0.3, 0.4) is 0 Å². The first kappa shape index (κ1) is 22.8. The Morgan fingerprint density at radius 3 is 2.48 bits per heavy atom. The molecule has 0 atom stereocenters. The van der Waals surface area contributed by atoms with E-state index in [0.29, 0.717) is 18.7 Å². The Labute approximate surface area is 182 Å². The van der Waals surface area contributed by atoms with Crippen molar-refractivity contribution in [3.63, 3.8) is 0 Å². The molecule has 0 radical (unpaired) electrons. The van der Waals surface area contributed by atoms with Crippen LogP contribution in [0.1, 0.15) is 22.6 Å². The summed E-state index contributed by atoms with van der Waals surface area (Å²) in [6.07, 6.45) is -7.91. The molecule has 4 rings (SSSR count). The molecule has 12 heteroatoms. The van der Waals surface area contributed by atoms with Gasteiger partial charge in [-0.25, -0.2) is 4.98 Å². The molecule has 174 valence electrons. The van der Waals surface area contributed by atoms with E-state index < -0.39 is 23.9 Å². The van der Waals surface area contributed by atoms with Gasteiger partial charge < -0.3 is 9.72 Å². The number of benzene rings is 1. The van der Waals surface area contributed by atoms with Crippen molar-refractivity contribution in [1.82, 2.24) is 19.9 Å². The maximum absolute atomic E-state index is 12.8. The van der Waals surface area contributed by atoms with E-state index in [9.17, 15) is 31.1 Å². The number of rotatable bonds is 4. The fraction of sp³-hybridized carbons (Fsp3) is 0.286. The number of halogens is 6. The number of fused-ring (bicyclic) bond motifs is 1. The lowest BCUT2D eigenvalue weighted by Gasteiger charge is -2.27. The topological polar surface area (TPSA) is 71.1 Å². The predicted molar refractivity (Wildman–Crippen MR) is 104 cm³/mol. The summed E-state index contributed by atoms with van der Waals surface area (Å²) in [6, 6.07) is 8.86. The summed E-state index contributed by atoms with van der Waals surface area (Å²) >= 11 is 0. The highest BCUT2D eigenvalue weighted by Crippen LogP contribution is 2.33. The van der Waals surface area contributed by atoms with Gasteiger partial charge >= 0.3 is 12.5 Å². The number of pyridine rings is 1. The van der Waals surface area contributed by atoms with Crippen molar-refractivity contribution in [3.05, 3.63) is 75.6 Å². The molecule has 6 nitrogen and oxygen atoms in total. The minimum Gasteiger partial charge on any atom is -0.405 e. The van der Waals surface area contributed by atoms with Crippen LogP contribution in [0.25, 0.3) is 11.3 Å². The zero-order chi connectivity index (χ0) is 23.8. The van der Waals surface area contributed by atoms with Gasteiger partial charge in [0.25, 0.3) is 5.56 Å². The summed E-state index contributed by atoms with van der Waals surface area (Å²) in [5, 5.41) is 0. The Kier molecular flexibility index (Phi) is 5.87. The molecular formula is C21H16F6N4O2. The van der Waals surface area contributed by atoms with Gasteiger partial charge in [-0.05, 0) is 23.8 Å². The molecule has 0 saturated carbocycles. The van der Waals surface area contributed by atoms with Gasteiger partial charge in [-0.3, -0.25) is 14.7 Å². The zero-order valence-corrected chi connectivity index (χ0v) is 16.8. The number of aromatic amines is 1. The smallest absolute Gasteiger partial charge is 0.405 e. The number of hydrogen-bond donors (Lipinski definition) is 1. The highest BCUT2D eigenvalue weighted by Gasteiger charge is 2.36. The predicted octanol–water partition coefficient (Wildman–Crippen LogP) is 4.31. The second-order valence-corrected chi connectivity index (χ2v) is 7.39. The number of nitrogens with one attached hydrogen (secondary N) is 1. The van der Waals surface area contributed by atoms with Crippen LogP contribution in [0.15, 0.2) is 47.4 Å². The molecule has 0 spiro atoms. The van der Waals surface area contributed by atoms with Gasteiger partial charge in [0.15, 0.2) is 0 Å². The summed E-state index contributed by atoms with van der Waals surface area (Å²) in [4.78, 5) is 23.6. The number of nitrogens with zero attached hydrogens (tertiary/aromatic N) is 3.